The van der Waals surface area contributed by atoms with Crippen molar-refractivity contribution in [3.8, 4) is 0 Å². The van der Waals surface area contributed by atoms with Crippen molar-refractivity contribution in [3.63, 3.8) is 0 Å². The molecule has 1 aliphatic rings. The lowest BCUT2D eigenvalue weighted by Gasteiger charge is -2.12. The molecule has 5 nitrogen and oxygen atoms in total. The Morgan fingerprint density at radius 3 is 2.93 bits per heavy atom. The molecule has 0 unspecified atom stereocenters. The van der Waals surface area contributed by atoms with Gasteiger partial charge in [-0.3, -0.25) is 4.79 Å². The Morgan fingerprint density at radius 1 is 1.37 bits per heavy atom. The monoisotopic (exact) mass is 380 g/mol. The summed E-state index contributed by atoms with van der Waals surface area (Å²) in [6.07, 6.45) is 8.39. The van der Waals surface area contributed by atoms with Crippen molar-refractivity contribution < 1.29 is 4.79 Å². The molecule has 0 spiro atoms. The van der Waals surface area contributed by atoms with E-state index in [1.807, 2.05) is 18.3 Å². The number of carbonyl (C=O) groups is 1. The normalized spacial score (nSPS) is 18.7. The molecule has 3 rings (SSSR count). The van der Waals surface area contributed by atoms with E-state index in [1.54, 1.807) is 17.5 Å². The van der Waals surface area contributed by atoms with Gasteiger partial charge in [0.15, 0.2) is 5.13 Å². The van der Waals surface area contributed by atoms with Crippen LogP contribution < -0.4 is 16.4 Å². The average Bonchev–Trinajstić information content (AvgIpc) is 3.08. The molecule has 1 atom stereocenters. The Bertz CT molecular complexity index is 880. The highest BCUT2D eigenvalue weighted by Crippen LogP contribution is 2.28. The number of hydrogen-bond donors (Lipinski definition) is 3. The van der Waals surface area contributed by atoms with Crippen LogP contribution in [0.4, 0.5) is 5.13 Å². The number of nitrogens with zero attached hydrogens (tertiary/aromatic N) is 1. The molecule has 0 bridgehead atoms. The number of nitrogens with two attached hydrogens (primary N) is 1. The molecule has 0 saturated carbocycles. The van der Waals surface area contributed by atoms with Crippen LogP contribution in [0.1, 0.15) is 22.4 Å². The number of rotatable bonds is 6. The summed E-state index contributed by atoms with van der Waals surface area (Å²) < 4.78 is 0. The van der Waals surface area contributed by atoms with Crippen LogP contribution in [0.15, 0.2) is 61.0 Å². The number of aryl methyl sites for hydroxylation is 1. The number of hydrogen-bond acceptors (Lipinski definition) is 5. The minimum atomic E-state index is -0.0548. The van der Waals surface area contributed by atoms with Crippen molar-refractivity contribution in [2.24, 2.45) is 5.73 Å². The van der Waals surface area contributed by atoms with Crippen LogP contribution in [-0.4, -0.2) is 23.5 Å². The van der Waals surface area contributed by atoms with Crippen LogP contribution in [0, 0.1) is 6.92 Å². The Hall–Kier alpha value is -2.70. The lowest BCUT2D eigenvalue weighted by molar-refractivity contribution is -0.119. The highest BCUT2D eigenvalue weighted by atomic mass is 32.1. The largest absolute Gasteiger partial charge is 0.360 e. The maximum absolute atomic E-state index is 11.5. The molecule has 1 aromatic carbocycles. The van der Waals surface area contributed by atoms with Gasteiger partial charge >= 0.3 is 0 Å². The highest BCUT2D eigenvalue weighted by Gasteiger charge is 2.11. The predicted molar refractivity (Wildman–Crippen MR) is 112 cm³/mol. The van der Waals surface area contributed by atoms with E-state index >= 15 is 0 Å². The average molecular weight is 381 g/mol. The van der Waals surface area contributed by atoms with Crippen molar-refractivity contribution in [1.29, 1.82) is 0 Å². The van der Waals surface area contributed by atoms with Gasteiger partial charge in [0.1, 0.15) is 0 Å². The predicted octanol–water partition coefficient (Wildman–Crippen LogP) is 3.41. The summed E-state index contributed by atoms with van der Waals surface area (Å²) in [5.41, 5.74) is 10.5. The lowest BCUT2D eigenvalue weighted by atomic mass is 10.1. The first-order chi connectivity index (χ1) is 13.0. The van der Waals surface area contributed by atoms with Gasteiger partial charge in [-0.2, -0.15) is 0 Å². The number of anilines is 1. The smallest absolute Gasteiger partial charge is 0.228 e. The van der Waals surface area contributed by atoms with Gasteiger partial charge in [0.25, 0.3) is 0 Å². The summed E-state index contributed by atoms with van der Waals surface area (Å²) in [5, 5.41) is 6.87. The van der Waals surface area contributed by atoms with Gasteiger partial charge in [-0.25, -0.2) is 4.98 Å². The minimum absolute atomic E-state index is 0.00977. The molecular weight excluding hydrogens is 356 g/mol. The zero-order valence-electron chi connectivity index (χ0n) is 15.4. The number of benzene rings is 1. The van der Waals surface area contributed by atoms with Gasteiger partial charge in [-0.05, 0) is 36.1 Å². The van der Waals surface area contributed by atoms with Gasteiger partial charge in [-0.1, -0.05) is 53.8 Å². The van der Waals surface area contributed by atoms with E-state index in [9.17, 15) is 4.79 Å². The molecule has 27 heavy (non-hydrogen) atoms. The lowest BCUT2D eigenvalue weighted by Crippen LogP contribution is -2.31. The second kappa shape index (κ2) is 8.79. The van der Waals surface area contributed by atoms with Crippen molar-refractivity contribution >= 4 is 27.9 Å². The summed E-state index contributed by atoms with van der Waals surface area (Å²) in [7, 11) is 0. The molecule has 1 aromatic heterocycles. The topological polar surface area (TPSA) is 80.0 Å². The second-order valence-corrected chi connectivity index (χ2v) is 7.73. The zero-order chi connectivity index (χ0) is 19.2. The first kappa shape index (κ1) is 19.1. The molecule has 1 aliphatic heterocycles. The van der Waals surface area contributed by atoms with Crippen LogP contribution in [0.5, 0.6) is 0 Å². The van der Waals surface area contributed by atoms with E-state index in [2.05, 4.69) is 53.4 Å². The first-order valence-electron chi connectivity index (χ1n) is 8.86. The molecule has 1 amide bonds. The summed E-state index contributed by atoms with van der Waals surface area (Å²) in [5.74, 6) is -0.0548. The molecule has 6 heteroatoms. The first-order valence-corrected chi connectivity index (χ1v) is 9.68. The maximum Gasteiger partial charge on any atom is 0.228 e. The Labute approximate surface area is 163 Å². The quantitative estimate of drug-likeness (QED) is 0.717. The number of aromatic nitrogens is 1. The van der Waals surface area contributed by atoms with Crippen molar-refractivity contribution in [3.05, 3.63) is 77.0 Å². The van der Waals surface area contributed by atoms with Gasteiger partial charge in [0, 0.05) is 25.0 Å². The molecule has 2 aromatic rings. The van der Waals surface area contributed by atoms with Gasteiger partial charge in [0.2, 0.25) is 5.91 Å². The van der Waals surface area contributed by atoms with E-state index in [-0.39, 0.29) is 11.9 Å². The van der Waals surface area contributed by atoms with Crippen molar-refractivity contribution in [2.75, 3.05) is 11.9 Å². The fourth-order valence-electron chi connectivity index (χ4n) is 2.76. The molecule has 0 saturated heterocycles. The maximum atomic E-state index is 11.5. The van der Waals surface area contributed by atoms with Crippen molar-refractivity contribution in [2.45, 2.75) is 25.8 Å². The third kappa shape index (κ3) is 5.64. The summed E-state index contributed by atoms with van der Waals surface area (Å²) in [6.45, 7) is 6.66. The number of thiazole rings is 1. The number of amides is 1. The van der Waals surface area contributed by atoms with E-state index in [4.69, 9.17) is 5.73 Å². The number of carbonyl (C=O) groups excluding carboxylic acids is 1. The molecule has 0 aliphatic carbocycles. The second-order valence-electron chi connectivity index (χ2n) is 6.70. The standard InChI is InChI=1S/C21H24N4OS/c1-14-3-5-16(6-4-14)11-18(22)12-24-21-25-13-19(27-21)17-7-8-23-20(26)10-15(2)9-17/h3-9,13,18H,2,10-12,22H2,1H3,(H,23,26)(H,24,25)/b8-7-,17-9+/t18-/m0/s1. The fourth-order valence-corrected chi connectivity index (χ4v) is 3.58. The third-order valence-electron chi connectivity index (χ3n) is 4.18. The fraction of sp³-hybridized carbons (Fsp3) is 0.238. The summed E-state index contributed by atoms with van der Waals surface area (Å²) in [4.78, 5) is 17.0. The van der Waals surface area contributed by atoms with Crippen molar-refractivity contribution in [1.82, 2.24) is 10.3 Å². The summed E-state index contributed by atoms with van der Waals surface area (Å²) in [6, 6.07) is 8.46. The number of allylic oxidation sites excluding steroid dienone is 3. The molecule has 140 valence electrons. The highest BCUT2D eigenvalue weighted by molar-refractivity contribution is 7.16. The molecular formula is C21H24N4OS. The molecule has 2 heterocycles. The minimum Gasteiger partial charge on any atom is -0.360 e. The van der Waals surface area contributed by atoms with Crippen LogP contribution >= 0.6 is 11.3 Å². The van der Waals surface area contributed by atoms with Crippen LogP contribution in [0.3, 0.4) is 0 Å². The van der Waals surface area contributed by atoms with Crippen LogP contribution in [0.2, 0.25) is 0 Å². The van der Waals surface area contributed by atoms with Gasteiger partial charge in [-0.15, -0.1) is 0 Å². The van der Waals surface area contributed by atoms with E-state index in [0.29, 0.717) is 13.0 Å². The SMILES string of the molecule is C=C1/C=C(c2cnc(NC[C@@H](N)Cc3ccc(C)cc3)s2)\C=C/NC(=O)C1. The Kier molecular flexibility index (Phi) is 6.21. The zero-order valence-corrected chi connectivity index (χ0v) is 16.2. The molecule has 4 N–H and O–H groups in total. The Balaban J connectivity index is 1.58. The van der Waals surface area contributed by atoms with Crippen LogP contribution in [0.25, 0.3) is 5.57 Å². The van der Waals surface area contributed by atoms with E-state index < -0.39 is 0 Å². The van der Waals surface area contributed by atoms with E-state index in [1.165, 1.54) is 11.1 Å². The molecule has 0 radical (unpaired) electrons. The van der Waals surface area contributed by atoms with Gasteiger partial charge < -0.3 is 16.4 Å². The number of nitrogens with one attached hydrogen (secondary N) is 2. The Morgan fingerprint density at radius 2 is 2.15 bits per heavy atom. The van der Waals surface area contributed by atoms with Crippen LogP contribution in [-0.2, 0) is 11.2 Å². The third-order valence-corrected chi connectivity index (χ3v) is 5.18. The summed E-state index contributed by atoms with van der Waals surface area (Å²) >= 11 is 1.56. The van der Waals surface area contributed by atoms with Gasteiger partial charge in [0.05, 0.1) is 11.3 Å². The molecule has 0 fully saturated rings. The van der Waals surface area contributed by atoms with E-state index in [0.717, 1.165) is 27.6 Å².